The lowest BCUT2D eigenvalue weighted by Crippen LogP contribution is -2.34. The summed E-state index contributed by atoms with van der Waals surface area (Å²) < 4.78 is 133. The molecule has 4 heteroatoms. The standard InChI is InChI=1S/C24H29NO3/c1-27-22-14-19-13-20(24(26)21(19)15-23(22)28-2)12-17-8-10-25(11-9-17)16-18-6-4-3-5-7-18/h3-7,14-15,17,20H,8-13,16H2,1-2H3/i8D2,9D2,10D2,11D2,13D2,16D2,17D,20D. The SMILES string of the molecule is [2H]C([2H])(c1ccccc1)N1C([2H])([2H])C([2H])([2H])C([2H])(CC2([2H])C(=O)c3cc(OC)c(OC)cc3C2([2H])[2H])C([2H])([2H])C1([2H])[2H]. The Balaban J connectivity index is 1.93. The summed E-state index contributed by atoms with van der Waals surface area (Å²) in [7, 11) is 2.50. The maximum Gasteiger partial charge on any atom is 0.166 e. The van der Waals surface area contributed by atoms with Gasteiger partial charge in [0.1, 0.15) is 0 Å². The fourth-order valence-corrected chi connectivity index (χ4v) is 2.95. The lowest BCUT2D eigenvalue weighted by molar-refractivity contribution is 0.0895. The first-order valence-corrected chi connectivity index (χ1v) is 8.62. The van der Waals surface area contributed by atoms with Crippen molar-refractivity contribution < 1.29 is 33.5 Å². The molecule has 0 spiro atoms. The summed E-state index contributed by atoms with van der Waals surface area (Å²) in [6.45, 7) is -10.7. The first-order valence-electron chi connectivity index (χ1n) is 15.6. The van der Waals surface area contributed by atoms with E-state index < -0.39 is 62.6 Å². The zero-order valence-electron chi connectivity index (χ0n) is 29.4. The molecule has 28 heavy (non-hydrogen) atoms. The Morgan fingerprint density at radius 3 is 2.50 bits per heavy atom. The topological polar surface area (TPSA) is 38.8 Å². The molecule has 2 aromatic rings. The van der Waals surface area contributed by atoms with E-state index in [1.807, 2.05) is 0 Å². The van der Waals surface area contributed by atoms with E-state index in [9.17, 15) is 4.79 Å². The number of carbonyl (C=O) groups excluding carboxylic acids is 1. The zero-order chi connectivity index (χ0) is 32.1. The highest BCUT2D eigenvalue weighted by molar-refractivity contribution is 6.02. The van der Waals surface area contributed by atoms with Gasteiger partial charge in [-0.15, -0.1) is 0 Å². The van der Waals surface area contributed by atoms with Crippen molar-refractivity contribution in [3.05, 3.63) is 59.2 Å². The minimum absolute atomic E-state index is 0.0000136. The van der Waals surface area contributed by atoms with Crippen LogP contribution in [0.5, 0.6) is 11.5 Å². The molecule has 1 aliphatic heterocycles. The fourth-order valence-electron chi connectivity index (χ4n) is 2.95. The molecule has 4 nitrogen and oxygen atoms in total. The number of rotatable bonds is 6. The van der Waals surface area contributed by atoms with Gasteiger partial charge in [0.2, 0.25) is 0 Å². The summed E-state index contributed by atoms with van der Waals surface area (Å²) in [5, 5.41) is 0. The molecule has 1 saturated heterocycles. The van der Waals surface area contributed by atoms with E-state index in [1.54, 1.807) is 0 Å². The highest BCUT2D eigenvalue weighted by Gasteiger charge is 2.34. The molecule has 0 bridgehead atoms. The molecular formula is C24H29NO3. The van der Waals surface area contributed by atoms with E-state index in [0.29, 0.717) is 0 Å². The zero-order valence-corrected chi connectivity index (χ0v) is 15.4. The lowest BCUT2D eigenvalue weighted by atomic mass is 9.85. The van der Waals surface area contributed by atoms with Gasteiger partial charge >= 0.3 is 0 Å². The summed E-state index contributed by atoms with van der Waals surface area (Å²) in [6, 6.07) is 8.82. The first-order chi connectivity index (χ1) is 18.9. The predicted molar refractivity (Wildman–Crippen MR) is 110 cm³/mol. The van der Waals surface area contributed by atoms with Crippen LogP contribution in [0.2, 0.25) is 0 Å². The summed E-state index contributed by atoms with van der Waals surface area (Å²) in [4.78, 5) is 13.4. The Kier molecular flexibility index (Phi) is 2.56. The number of piperidine rings is 1. The second-order valence-electron chi connectivity index (χ2n) is 6.13. The van der Waals surface area contributed by atoms with E-state index in [4.69, 9.17) is 28.7 Å². The van der Waals surface area contributed by atoms with Crippen LogP contribution >= 0.6 is 0 Å². The van der Waals surface area contributed by atoms with Gasteiger partial charge in [-0.3, -0.25) is 9.69 Å². The van der Waals surface area contributed by atoms with Crippen LogP contribution in [0.15, 0.2) is 42.5 Å². The normalized spacial score (nSPS) is 40.9. The summed E-state index contributed by atoms with van der Waals surface area (Å²) in [5.74, 6) is -8.07. The molecule has 1 heterocycles. The molecule has 0 N–H and O–H groups in total. The van der Waals surface area contributed by atoms with Gasteiger partial charge in [-0.25, -0.2) is 0 Å². The van der Waals surface area contributed by atoms with Crippen molar-refractivity contribution in [3.63, 3.8) is 0 Å². The molecule has 2 aromatic carbocycles. The predicted octanol–water partition coefficient (Wildman–Crippen LogP) is 4.36. The van der Waals surface area contributed by atoms with Crippen LogP contribution in [-0.4, -0.2) is 37.9 Å². The van der Waals surface area contributed by atoms with Crippen LogP contribution in [0.3, 0.4) is 0 Å². The van der Waals surface area contributed by atoms with Crippen LogP contribution in [-0.2, 0) is 12.9 Å². The third-order valence-corrected chi connectivity index (χ3v) is 4.33. The van der Waals surface area contributed by atoms with Gasteiger partial charge < -0.3 is 9.47 Å². The Morgan fingerprint density at radius 1 is 1.14 bits per heavy atom. The second kappa shape index (κ2) is 8.36. The smallest absolute Gasteiger partial charge is 0.166 e. The third kappa shape index (κ3) is 3.93. The van der Waals surface area contributed by atoms with Crippen molar-refractivity contribution >= 4 is 5.78 Å². The minimum Gasteiger partial charge on any atom is -0.493 e. The number of hydrogen-bond acceptors (Lipinski definition) is 4. The first kappa shape index (κ1) is 8.58. The Bertz CT molecular complexity index is 1390. The third-order valence-electron chi connectivity index (χ3n) is 4.33. The van der Waals surface area contributed by atoms with Gasteiger partial charge in [-0.2, -0.15) is 0 Å². The van der Waals surface area contributed by atoms with Crippen LogP contribution in [0.4, 0.5) is 0 Å². The summed E-state index contributed by atoms with van der Waals surface area (Å²) >= 11 is 0. The van der Waals surface area contributed by atoms with Crippen LogP contribution in [0, 0.1) is 11.8 Å². The molecule has 0 radical (unpaired) electrons. The highest BCUT2D eigenvalue weighted by Crippen LogP contribution is 2.39. The summed E-state index contributed by atoms with van der Waals surface area (Å²) in [6.07, 6.45) is -12.3. The number of methoxy groups -OCH3 is 2. The summed E-state index contributed by atoms with van der Waals surface area (Å²) in [5.41, 5.74) is -1.07. The monoisotopic (exact) mass is 393 g/mol. The highest BCUT2D eigenvalue weighted by atomic mass is 16.5. The minimum atomic E-state index is -3.83. The molecule has 1 unspecified atom stereocenters. The van der Waals surface area contributed by atoms with E-state index in [-0.39, 0.29) is 33.1 Å². The van der Waals surface area contributed by atoms with Crippen LogP contribution in [0.1, 0.15) is 59.8 Å². The van der Waals surface area contributed by atoms with E-state index in [2.05, 4.69) is 0 Å². The molecule has 0 amide bonds. The quantitative estimate of drug-likeness (QED) is 0.731. The number of fused-ring (bicyclic) bond motifs is 1. The van der Waals surface area contributed by atoms with Crippen molar-refractivity contribution in [1.82, 2.24) is 4.90 Å². The molecule has 1 atom stereocenters. The number of benzene rings is 2. The average molecular weight is 394 g/mol. The molecule has 0 saturated carbocycles. The number of ether oxygens (including phenoxy) is 2. The van der Waals surface area contributed by atoms with Gasteiger partial charge in [0, 0.05) is 37.1 Å². The Morgan fingerprint density at radius 2 is 1.82 bits per heavy atom. The Labute approximate surface area is 187 Å². The van der Waals surface area contributed by atoms with Crippen molar-refractivity contribution in [2.75, 3.05) is 27.2 Å². The average Bonchev–Trinajstić information content (AvgIpc) is 3.03. The molecule has 1 fully saturated rings. The van der Waals surface area contributed by atoms with Crippen LogP contribution < -0.4 is 9.47 Å². The number of Topliss-reactive ketones (excluding diaryl/α,β-unsaturated/α-hetero) is 1. The van der Waals surface area contributed by atoms with Crippen LogP contribution in [0.25, 0.3) is 0 Å². The number of ketones is 1. The number of hydrogen-bond donors (Lipinski definition) is 0. The number of likely N-dealkylation sites (tertiary alicyclic amines) is 1. The maximum atomic E-state index is 13.7. The van der Waals surface area contributed by atoms with Gasteiger partial charge in [-0.05, 0) is 67.7 Å². The maximum absolute atomic E-state index is 13.7. The van der Waals surface area contributed by atoms with Crippen molar-refractivity contribution in [1.29, 1.82) is 0 Å². The van der Waals surface area contributed by atoms with Gasteiger partial charge in [0.25, 0.3) is 0 Å². The van der Waals surface area contributed by atoms with E-state index >= 15 is 0 Å². The molecule has 1 aliphatic carbocycles. The molecular weight excluding hydrogens is 350 g/mol. The molecule has 2 aliphatic rings. The molecule has 0 aromatic heterocycles. The second-order valence-corrected chi connectivity index (χ2v) is 6.13. The van der Waals surface area contributed by atoms with Crippen molar-refractivity contribution in [2.24, 2.45) is 11.8 Å². The van der Waals surface area contributed by atoms with Gasteiger partial charge in [-0.1, -0.05) is 30.3 Å². The fraction of sp³-hybridized carbons (Fsp3) is 0.458. The molecule has 148 valence electrons. The van der Waals surface area contributed by atoms with Crippen molar-refractivity contribution in [3.8, 4) is 11.5 Å². The lowest BCUT2D eigenvalue weighted by Gasteiger charge is -2.32. The number of carbonyl (C=O) groups is 1. The van der Waals surface area contributed by atoms with Gasteiger partial charge in [0.05, 0.1) is 14.2 Å². The van der Waals surface area contributed by atoms with E-state index in [1.165, 1.54) is 44.6 Å². The Hall–Kier alpha value is -2.33. The van der Waals surface area contributed by atoms with E-state index in [0.717, 1.165) is 12.1 Å². The molecule has 4 rings (SSSR count). The van der Waals surface area contributed by atoms with Crippen molar-refractivity contribution in [2.45, 2.75) is 32.0 Å². The van der Waals surface area contributed by atoms with Gasteiger partial charge in [0.15, 0.2) is 17.3 Å². The largest absolute Gasteiger partial charge is 0.493 e. The number of nitrogens with zero attached hydrogens (tertiary/aromatic N) is 1.